The molecule has 0 aliphatic carbocycles. The van der Waals surface area contributed by atoms with E-state index >= 15 is 0 Å². The fourth-order valence-electron chi connectivity index (χ4n) is 2.20. The lowest BCUT2D eigenvalue weighted by Gasteiger charge is -2.09. The molecule has 138 valence electrons. The summed E-state index contributed by atoms with van der Waals surface area (Å²) in [6.45, 7) is 6.38. The fraction of sp³-hybridized carbons (Fsp3) is 0.300. The van der Waals surface area contributed by atoms with Crippen molar-refractivity contribution in [3.63, 3.8) is 0 Å². The molecule has 1 amide bonds. The first kappa shape index (κ1) is 19.3. The number of aryl methyl sites for hydroxylation is 2. The highest BCUT2D eigenvalue weighted by Gasteiger charge is 2.05. The van der Waals surface area contributed by atoms with Crippen LogP contribution in [0.3, 0.4) is 0 Å². The van der Waals surface area contributed by atoms with Crippen LogP contribution in [0.2, 0.25) is 0 Å². The Hall–Kier alpha value is -3.02. The van der Waals surface area contributed by atoms with Crippen LogP contribution in [0.5, 0.6) is 17.2 Å². The first-order chi connectivity index (χ1) is 12.5. The molecule has 1 N–H and O–H groups in total. The predicted molar refractivity (Wildman–Crippen MR) is 101 cm³/mol. The number of methoxy groups -OCH3 is 1. The summed E-state index contributed by atoms with van der Waals surface area (Å²) in [7, 11) is 1.57. The van der Waals surface area contributed by atoms with Crippen LogP contribution in [0.4, 0.5) is 0 Å². The largest absolute Gasteiger partial charge is 0.493 e. The summed E-state index contributed by atoms with van der Waals surface area (Å²) in [6, 6.07) is 11.1. The Bertz CT molecular complexity index is 787. The molecule has 2 rings (SSSR count). The van der Waals surface area contributed by atoms with Crippen LogP contribution in [0.25, 0.3) is 0 Å². The number of carbonyl (C=O) groups excluding carboxylic acids is 1. The van der Waals surface area contributed by atoms with Gasteiger partial charge in [0.15, 0.2) is 18.1 Å². The van der Waals surface area contributed by atoms with Crippen LogP contribution in [-0.2, 0) is 4.79 Å². The molecule has 0 bridgehead atoms. The van der Waals surface area contributed by atoms with Gasteiger partial charge in [-0.3, -0.25) is 4.79 Å². The Morgan fingerprint density at radius 1 is 1.08 bits per heavy atom. The van der Waals surface area contributed by atoms with Gasteiger partial charge in [0.05, 0.1) is 19.9 Å². The van der Waals surface area contributed by atoms with Crippen molar-refractivity contribution in [3.8, 4) is 17.2 Å². The molecule has 0 saturated heterocycles. The van der Waals surface area contributed by atoms with Crippen LogP contribution in [0.15, 0.2) is 41.5 Å². The van der Waals surface area contributed by atoms with Crippen LogP contribution in [-0.4, -0.2) is 32.4 Å². The Labute approximate surface area is 153 Å². The van der Waals surface area contributed by atoms with E-state index in [1.807, 2.05) is 45.0 Å². The van der Waals surface area contributed by atoms with Gasteiger partial charge in [-0.25, -0.2) is 5.43 Å². The summed E-state index contributed by atoms with van der Waals surface area (Å²) >= 11 is 0. The van der Waals surface area contributed by atoms with E-state index in [1.165, 1.54) is 11.8 Å². The van der Waals surface area contributed by atoms with Gasteiger partial charge in [-0.05, 0) is 67.8 Å². The second-order valence-electron chi connectivity index (χ2n) is 5.67. The Morgan fingerprint density at radius 2 is 1.88 bits per heavy atom. The minimum absolute atomic E-state index is 0.105. The lowest BCUT2D eigenvalue weighted by Crippen LogP contribution is -2.24. The highest BCUT2D eigenvalue weighted by Crippen LogP contribution is 2.27. The second kappa shape index (κ2) is 9.46. The lowest BCUT2D eigenvalue weighted by molar-refractivity contribution is -0.123. The number of ether oxygens (including phenoxy) is 3. The maximum atomic E-state index is 11.8. The molecular formula is C20H24N2O4. The zero-order valence-electron chi connectivity index (χ0n) is 15.5. The first-order valence-electron chi connectivity index (χ1n) is 8.36. The minimum atomic E-state index is -0.336. The molecule has 0 radical (unpaired) electrons. The Kier molecular flexibility index (Phi) is 7.02. The van der Waals surface area contributed by atoms with Crippen molar-refractivity contribution in [3.05, 3.63) is 53.1 Å². The molecule has 0 aliphatic heterocycles. The van der Waals surface area contributed by atoms with Gasteiger partial charge < -0.3 is 14.2 Å². The number of hydrogen-bond acceptors (Lipinski definition) is 5. The monoisotopic (exact) mass is 356 g/mol. The molecule has 0 fully saturated rings. The summed E-state index contributed by atoms with van der Waals surface area (Å²) in [5, 5.41) is 3.94. The quantitative estimate of drug-likeness (QED) is 0.582. The number of benzene rings is 2. The molecule has 0 saturated carbocycles. The van der Waals surface area contributed by atoms with E-state index in [0.717, 1.165) is 11.1 Å². The average Bonchev–Trinajstić information content (AvgIpc) is 2.64. The van der Waals surface area contributed by atoms with Gasteiger partial charge >= 0.3 is 0 Å². The molecule has 26 heavy (non-hydrogen) atoms. The molecule has 6 heteroatoms. The normalized spacial score (nSPS) is 10.6. The SMILES string of the molecule is CCOc1ccc(/C=N/NC(=O)COc2ccc(C)c(C)c2)cc1OC. The molecule has 0 aromatic heterocycles. The third-order valence-corrected chi connectivity index (χ3v) is 3.74. The number of rotatable bonds is 8. The van der Waals surface area contributed by atoms with Crippen molar-refractivity contribution in [2.45, 2.75) is 20.8 Å². The maximum Gasteiger partial charge on any atom is 0.277 e. The fourth-order valence-corrected chi connectivity index (χ4v) is 2.20. The van der Waals surface area contributed by atoms with E-state index in [-0.39, 0.29) is 12.5 Å². The molecule has 0 spiro atoms. The standard InChI is InChI=1S/C20H24N2O4/c1-5-25-18-9-7-16(11-19(18)24-4)12-21-22-20(23)13-26-17-8-6-14(2)15(3)10-17/h6-12H,5,13H2,1-4H3,(H,22,23)/b21-12+. The molecule has 6 nitrogen and oxygen atoms in total. The predicted octanol–water partition coefficient (Wildman–Crippen LogP) is 3.24. The summed E-state index contributed by atoms with van der Waals surface area (Å²) in [6.07, 6.45) is 1.53. The highest BCUT2D eigenvalue weighted by molar-refractivity contribution is 5.83. The van der Waals surface area contributed by atoms with Gasteiger partial charge in [0.25, 0.3) is 5.91 Å². The van der Waals surface area contributed by atoms with Gasteiger partial charge in [0, 0.05) is 0 Å². The lowest BCUT2D eigenvalue weighted by atomic mass is 10.1. The number of nitrogens with one attached hydrogen (secondary N) is 1. The zero-order valence-corrected chi connectivity index (χ0v) is 15.5. The number of hydrazone groups is 1. The molecule has 0 atom stereocenters. The summed E-state index contributed by atoms with van der Waals surface area (Å²) in [5.74, 6) is 1.60. The molecule has 0 aliphatic rings. The molecular weight excluding hydrogens is 332 g/mol. The third kappa shape index (κ3) is 5.51. The number of carbonyl (C=O) groups is 1. The van der Waals surface area contributed by atoms with Crippen molar-refractivity contribution >= 4 is 12.1 Å². The van der Waals surface area contributed by atoms with E-state index in [1.54, 1.807) is 19.2 Å². The first-order valence-corrected chi connectivity index (χ1v) is 8.36. The van der Waals surface area contributed by atoms with Crippen LogP contribution >= 0.6 is 0 Å². The summed E-state index contributed by atoms with van der Waals surface area (Å²) in [4.78, 5) is 11.8. The van der Waals surface area contributed by atoms with Gasteiger partial charge in [0.1, 0.15) is 5.75 Å². The van der Waals surface area contributed by atoms with Crippen molar-refractivity contribution < 1.29 is 19.0 Å². The van der Waals surface area contributed by atoms with Crippen molar-refractivity contribution in [2.75, 3.05) is 20.3 Å². The average molecular weight is 356 g/mol. The Morgan fingerprint density at radius 3 is 2.58 bits per heavy atom. The Balaban J connectivity index is 1.87. The van der Waals surface area contributed by atoms with E-state index < -0.39 is 0 Å². The van der Waals surface area contributed by atoms with E-state index in [2.05, 4.69) is 10.5 Å². The molecule has 2 aromatic rings. The van der Waals surface area contributed by atoms with Gasteiger partial charge in [0.2, 0.25) is 0 Å². The van der Waals surface area contributed by atoms with E-state index in [0.29, 0.717) is 23.9 Å². The smallest absolute Gasteiger partial charge is 0.277 e. The summed E-state index contributed by atoms with van der Waals surface area (Å²) in [5.41, 5.74) is 5.51. The van der Waals surface area contributed by atoms with Gasteiger partial charge in [-0.1, -0.05) is 6.07 Å². The topological polar surface area (TPSA) is 69.2 Å². The van der Waals surface area contributed by atoms with Crippen molar-refractivity contribution in [1.82, 2.24) is 5.43 Å². The van der Waals surface area contributed by atoms with Crippen LogP contribution in [0.1, 0.15) is 23.6 Å². The molecule has 0 unspecified atom stereocenters. The van der Waals surface area contributed by atoms with E-state index in [9.17, 15) is 4.79 Å². The zero-order chi connectivity index (χ0) is 18.9. The van der Waals surface area contributed by atoms with Crippen LogP contribution < -0.4 is 19.6 Å². The second-order valence-corrected chi connectivity index (χ2v) is 5.67. The maximum absolute atomic E-state index is 11.8. The van der Waals surface area contributed by atoms with E-state index in [4.69, 9.17) is 14.2 Å². The highest BCUT2D eigenvalue weighted by atomic mass is 16.5. The number of hydrogen-bond donors (Lipinski definition) is 1. The van der Waals surface area contributed by atoms with Gasteiger partial charge in [-0.15, -0.1) is 0 Å². The number of amides is 1. The van der Waals surface area contributed by atoms with Crippen molar-refractivity contribution in [2.24, 2.45) is 5.10 Å². The third-order valence-electron chi connectivity index (χ3n) is 3.74. The summed E-state index contributed by atoms with van der Waals surface area (Å²) < 4.78 is 16.2. The molecule has 2 aromatic carbocycles. The van der Waals surface area contributed by atoms with Crippen LogP contribution in [0, 0.1) is 13.8 Å². The minimum Gasteiger partial charge on any atom is -0.493 e. The number of nitrogens with zero attached hydrogens (tertiary/aromatic N) is 1. The van der Waals surface area contributed by atoms with Crippen molar-refractivity contribution in [1.29, 1.82) is 0 Å². The van der Waals surface area contributed by atoms with Gasteiger partial charge in [-0.2, -0.15) is 5.10 Å². The molecule has 0 heterocycles.